The molecule has 0 saturated carbocycles. The van der Waals surface area contributed by atoms with Crippen molar-refractivity contribution in [2.45, 2.75) is 0 Å². The van der Waals surface area contributed by atoms with Crippen LogP contribution in [0.4, 0.5) is 0 Å². The third kappa shape index (κ3) is 3.76. The zero-order valence-corrected chi connectivity index (χ0v) is 13.4. The van der Waals surface area contributed by atoms with Crippen molar-refractivity contribution in [2.75, 3.05) is 27.2 Å². The summed E-state index contributed by atoms with van der Waals surface area (Å²) in [6.07, 6.45) is 1.72. The van der Waals surface area contributed by atoms with Crippen molar-refractivity contribution in [3.8, 4) is 22.8 Å². The van der Waals surface area contributed by atoms with Gasteiger partial charge in [-0.3, -0.25) is 0 Å². The molecule has 0 atom stereocenters. The lowest BCUT2D eigenvalue weighted by molar-refractivity contribution is 0.260. The van der Waals surface area contributed by atoms with E-state index in [1.165, 1.54) is 0 Å². The summed E-state index contributed by atoms with van der Waals surface area (Å²) in [6.45, 7) is 1.49. The van der Waals surface area contributed by atoms with Gasteiger partial charge in [0, 0.05) is 12.1 Å². The fraction of sp³-hybridized carbons (Fsp3) is 0.222. The molecule has 0 aliphatic carbocycles. The molecule has 0 saturated heterocycles. The molecular weight excluding hydrogens is 288 g/mol. The summed E-state index contributed by atoms with van der Waals surface area (Å²) in [6, 6.07) is 17.8. The van der Waals surface area contributed by atoms with Crippen LogP contribution in [0.3, 0.4) is 0 Å². The van der Waals surface area contributed by atoms with E-state index in [9.17, 15) is 0 Å². The molecule has 3 rings (SSSR count). The van der Waals surface area contributed by atoms with E-state index in [1.807, 2.05) is 68.7 Å². The minimum atomic E-state index is 0.629. The Morgan fingerprint density at radius 3 is 2.52 bits per heavy atom. The molecule has 3 aromatic rings. The highest BCUT2D eigenvalue weighted by Crippen LogP contribution is 2.23. The molecule has 0 unspecified atom stereocenters. The van der Waals surface area contributed by atoms with Crippen LogP contribution in [0.2, 0.25) is 0 Å². The fourth-order valence-corrected chi connectivity index (χ4v) is 2.21. The minimum absolute atomic E-state index is 0.629. The van der Waals surface area contributed by atoms with E-state index in [0.717, 1.165) is 23.5 Å². The van der Waals surface area contributed by atoms with Gasteiger partial charge in [-0.15, -0.1) is 5.10 Å². The number of hydrogen-bond acceptors (Lipinski definition) is 4. The molecule has 2 aromatic carbocycles. The highest BCUT2D eigenvalue weighted by atomic mass is 16.5. The Bertz CT molecular complexity index is 752. The van der Waals surface area contributed by atoms with Crippen LogP contribution in [0.25, 0.3) is 17.1 Å². The maximum atomic E-state index is 5.89. The lowest BCUT2D eigenvalue weighted by atomic mass is 10.2. The van der Waals surface area contributed by atoms with E-state index in [-0.39, 0.29) is 0 Å². The molecule has 0 aliphatic rings. The molecule has 0 amide bonds. The molecule has 0 fully saturated rings. The highest BCUT2D eigenvalue weighted by Gasteiger charge is 2.09. The van der Waals surface area contributed by atoms with Crippen LogP contribution < -0.4 is 4.74 Å². The van der Waals surface area contributed by atoms with Crippen molar-refractivity contribution in [1.29, 1.82) is 0 Å². The van der Waals surface area contributed by atoms with E-state index in [0.29, 0.717) is 12.4 Å². The Hall–Kier alpha value is -2.66. The summed E-state index contributed by atoms with van der Waals surface area (Å²) >= 11 is 0. The maximum absolute atomic E-state index is 5.89. The minimum Gasteiger partial charge on any atom is -0.490 e. The molecule has 1 heterocycles. The monoisotopic (exact) mass is 308 g/mol. The van der Waals surface area contributed by atoms with Crippen LogP contribution in [0.15, 0.2) is 60.9 Å². The second-order valence-corrected chi connectivity index (χ2v) is 5.50. The largest absolute Gasteiger partial charge is 0.490 e. The van der Waals surface area contributed by atoms with E-state index >= 15 is 0 Å². The van der Waals surface area contributed by atoms with Gasteiger partial charge in [0.15, 0.2) is 5.82 Å². The molecular formula is C18H20N4O. The fourth-order valence-electron chi connectivity index (χ4n) is 2.21. The number of benzene rings is 2. The van der Waals surface area contributed by atoms with Crippen molar-refractivity contribution in [3.05, 3.63) is 60.9 Å². The smallest absolute Gasteiger partial charge is 0.181 e. The Morgan fingerprint density at radius 1 is 1.00 bits per heavy atom. The van der Waals surface area contributed by atoms with Crippen molar-refractivity contribution >= 4 is 0 Å². The van der Waals surface area contributed by atoms with E-state index in [2.05, 4.69) is 15.0 Å². The number of ether oxygens (including phenoxy) is 1. The van der Waals surface area contributed by atoms with Gasteiger partial charge in [0.2, 0.25) is 0 Å². The number of aromatic nitrogens is 3. The molecule has 0 aliphatic heterocycles. The second kappa shape index (κ2) is 7.07. The second-order valence-electron chi connectivity index (χ2n) is 5.50. The SMILES string of the molecule is CN(C)CCOc1ccccc1-n1cnc(-c2ccccc2)n1. The zero-order valence-electron chi connectivity index (χ0n) is 13.4. The number of para-hydroxylation sites is 2. The van der Waals surface area contributed by atoms with Gasteiger partial charge < -0.3 is 9.64 Å². The topological polar surface area (TPSA) is 43.2 Å². The first-order valence-electron chi connectivity index (χ1n) is 7.58. The van der Waals surface area contributed by atoms with Crippen molar-refractivity contribution in [2.24, 2.45) is 0 Å². The van der Waals surface area contributed by atoms with Crippen LogP contribution >= 0.6 is 0 Å². The van der Waals surface area contributed by atoms with Gasteiger partial charge in [0.05, 0.1) is 0 Å². The van der Waals surface area contributed by atoms with E-state index < -0.39 is 0 Å². The Morgan fingerprint density at radius 2 is 1.74 bits per heavy atom. The third-order valence-corrected chi connectivity index (χ3v) is 3.43. The summed E-state index contributed by atoms with van der Waals surface area (Å²) in [4.78, 5) is 6.49. The highest BCUT2D eigenvalue weighted by molar-refractivity contribution is 5.54. The third-order valence-electron chi connectivity index (χ3n) is 3.43. The van der Waals surface area contributed by atoms with Crippen molar-refractivity contribution in [1.82, 2.24) is 19.7 Å². The first-order chi connectivity index (χ1) is 11.2. The first-order valence-corrected chi connectivity index (χ1v) is 7.58. The molecule has 1 aromatic heterocycles. The number of likely N-dealkylation sites (N-methyl/N-ethyl adjacent to an activating group) is 1. The van der Waals surface area contributed by atoms with Crippen LogP contribution in [-0.4, -0.2) is 46.9 Å². The zero-order chi connectivity index (χ0) is 16.1. The lowest BCUT2D eigenvalue weighted by Gasteiger charge is -2.13. The predicted octanol–water partition coefficient (Wildman–Crippen LogP) is 2.87. The quantitative estimate of drug-likeness (QED) is 0.702. The molecule has 5 heteroatoms. The van der Waals surface area contributed by atoms with Gasteiger partial charge in [-0.05, 0) is 26.2 Å². The van der Waals surface area contributed by atoms with Gasteiger partial charge in [-0.2, -0.15) is 0 Å². The van der Waals surface area contributed by atoms with Gasteiger partial charge in [-0.1, -0.05) is 42.5 Å². The molecule has 23 heavy (non-hydrogen) atoms. The molecule has 0 spiro atoms. The number of hydrogen-bond donors (Lipinski definition) is 0. The van der Waals surface area contributed by atoms with Crippen molar-refractivity contribution < 1.29 is 4.74 Å². The standard InChI is InChI=1S/C18H20N4O/c1-21(2)12-13-23-17-11-7-6-10-16(17)22-14-19-18(20-22)15-8-4-3-5-9-15/h3-11,14H,12-13H2,1-2H3. The summed E-state index contributed by atoms with van der Waals surface area (Å²) in [5, 5.41) is 4.57. The van der Waals surface area contributed by atoms with E-state index in [1.54, 1.807) is 11.0 Å². The van der Waals surface area contributed by atoms with Crippen LogP contribution in [0, 0.1) is 0 Å². The normalized spacial score (nSPS) is 10.9. The molecule has 0 radical (unpaired) electrons. The molecule has 0 N–H and O–H groups in total. The lowest BCUT2D eigenvalue weighted by Crippen LogP contribution is -2.19. The van der Waals surface area contributed by atoms with Crippen LogP contribution in [0.1, 0.15) is 0 Å². The number of rotatable bonds is 6. The Labute approximate surface area is 136 Å². The summed E-state index contributed by atoms with van der Waals surface area (Å²) < 4.78 is 7.64. The average molecular weight is 308 g/mol. The van der Waals surface area contributed by atoms with Crippen LogP contribution in [0.5, 0.6) is 5.75 Å². The van der Waals surface area contributed by atoms with Gasteiger partial charge in [0.1, 0.15) is 24.4 Å². The molecule has 118 valence electrons. The maximum Gasteiger partial charge on any atom is 0.181 e. The average Bonchev–Trinajstić information content (AvgIpc) is 3.06. The summed E-state index contributed by atoms with van der Waals surface area (Å²) in [5.41, 5.74) is 1.89. The summed E-state index contributed by atoms with van der Waals surface area (Å²) in [7, 11) is 4.05. The van der Waals surface area contributed by atoms with Gasteiger partial charge >= 0.3 is 0 Å². The molecule has 0 bridgehead atoms. The first kappa shape index (κ1) is 15.2. The van der Waals surface area contributed by atoms with Crippen molar-refractivity contribution in [3.63, 3.8) is 0 Å². The Balaban J connectivity index is 1.83. The summed E-state index contributed by atoms with van der Waals surface area (Å²) in [5.74, 6) is 1.51. The Kier molecular flexibility index (Phi) is 4.68. The van der Waals surface area contributed by atoms with Gasteiger partial charge in [-0.25, -0.2) is 9.67 Å². The predicted molar refractivity (Wildman–Crippen MR) is 90.8 cm³/mol. The van der Waals surface area contributed by atoms with E-state index in [4.69, 9.17) is 4.74 Å². The van der Waals surface area contributed by atoms with Crippen LogP contribution in [-0.2, 0) is 0 Å². The molecule has 5 nitrogen and oxygen atoms in total. The number of nitrogens with zero attached hydrogens (tertiary/aromatic N) is 4. The van der Waals surface area contributed by atoms with Gasteiger partial charge in [0.25, 0.3) is 0 Å².